The molecule has 1 unspecified atom stereocenters. The molecule has 1 heterocycles. The van der Waals surface area contributed by atoms with Crippen molar-refractivity contribution in [3.8, 4) is 0 Å². The summed E-state index contributed by atoms with van der Waals surface area (Å²) in [6, 6.07) is 0. The van der Waals surface area contributed by atoms with Gasteiger partial charge in [-0.25, -0.2) is 4.68 Å². The summed E-state index contributed by atoms with van der Waals surface area (Å²) in [4.78, 5) is 11.5. The lowest BCUT2D eigenvalue weighted by Crippen LogP contribution is -2.31. The highest BCUT2D eigenvalue weighted by molar-refractivity contribution is 8.00. The molecule has 6 nitrogen and oxygen atoms in total. The quantitative estimate of drug-likeness (QED) is 0.731. The number of tetrazole rings is 1. The van der Waals surface area contributed by atoms with Crippen LogP contribution in [0.1, 0.15) is 20.3 Å². The monoisotopic (exact) mass is 229 g/mol. The van der Waals surface area contributed by atoms with Crippen molar-refractivity contribution >= 4 is 17.7 Å². The smallest absolute Gasteiger partial charge is 0.233 e. The van der Waals surface area contributed by atoms with E-state index < -0.39 is 0 Å². The lowest BCUT2D eigenvalue weighted by Gasteiger charge is -2.09. The van der Waals surface area contributed by atoms with Crippen molar-refractivity contribution in [2.45, 2.75) is 30.7 Å². The van der Waals surface area contributed by atoms with Gasteiger partial charge in [0.05, 0.1) is 5.25 Å². The van der Waals surface area contributed by atoms with Gasteiger partial charge in [0.15, 0.2) is 0 Å². The molecular formula is C8H15N5OS. The molecule has 0 saturated heterocycles. The maximum Gasteiger partial charge on any atom is 0.233 e. The van der Waals surface area contributed by atoms with E-state index in [0.717, 1.165) is 6.42 Å². The van der Waals surface area contributed by atoms with Crippen LogP contribution in [0.4, 0.5) is 0 Å². The predicted molar refractivity (Wildman–Crippen MR) is 57.4 cm³/mol. The van der Waals surface area contributed by atoms with Gasteiger partial charge in [-0.05, 0) is 23.8 Å². The molecule has 0 fully saturated rings. The van der Waals surface area contributed by atoms with E-state index in [4.69, 9.17) is 0 Å². The molecule has 1 N–H and O–H groups in total. The molecule has 0 aromatic carbocycles. The van der Waals surface area contributed by atoms with Crippen molar-refractivity contribution in [2.24, 2.45) is 7.05 Å². The molecule has 1 aromatic heterocycles. The molecule has 1 amide bonds. The highest BCUT2D eigenvalue weighted by atomic mass is 32.2. The molecule has 0 aliphatic carbocycles. The van der Waals surface area contributed by atoms with E-state index in [1.807, 2.05) is 13.8 Å². The zero-order chi connectivity index (χ0) is 11.3. The summed E-state index contributed by atoms with van der Waals surface area (Å²) in [6.45, 7) is 4.57. The number of amides is 1. The summed E-state index contributed by atoms with van der Waals surface area (Å²) in [5, 5.41) is 14.3. The second-order valence-electron chi connectivity index (χ2n) is 3.14. The van der Waals surface area contributed by atoms with Gasteiger partial charge in [-0.1, -0.05) is 18.7 Å². The summed E-state index contributed by atoms with van der Waals surface area (Å²) in [6.07, 6.45) is 0.939. The molecular weight excluding hydrogens is 214 g/mol. The summed E-state index contributed by atoms with van der Waals surface area (Å²) >= 11 is 1.35. The average Bonchev–Trinajstić information content (AvgIpc) is 2.61. The number of carbonyl (C=O) groups is 1. The van der Waals surface area contributed by atoms with Crippen molar-refractivity contribution in [3.63, 3.8) is 0 Å². The Labute approximate surface area is 92.8 Å². The number of carbonyl (C=O) groups excluding carboxylic acids is 1. The third kappa shape index (κ3) is 3.50. The maximum absolute atomic E-state index is 11.5. The normalized spacial score (nSPS) is 12.5. The molecule has 0 aliphatic rings. The molecule has 84 valence electrons. The Hall–Kier alpha value is -1.11. The van der Waals surface area contributed by atoms with Gasteiger partial charge in [-0.15, -0.1) is 5.10 Å². The van der Waals surface area contributed by atoms with E-state index in [1.165, 1.54) is 11.8 Å². The van der Waals surface area contributed by atoms with E-state index in [2.05, 4.69) is 20.8 Å². The molecule has 1 aromatic rings. The molecule has 7 heteroatoms. The fourth-order valence-electron chi connectivity index (χ4n) is 0.925. The van der Waals surface area contributed by atoms with Crippen LogP contribution in [0.3, 0.4) is 0 Å². The zero-order valence-electron chi connectivity index (χ0n) is 9.10. The Morgan fingerprint density at radius 3 is 2.93 bits per heavy atom. The van der Waals surface area contributed by atoms with Gasteiger partial charge < -0.3 is 5.32 Å². The number of rotatable bonds is 5. The van der Waals surface area contributed by atoms with Gasteiger partial charge in [0.2, 0.25) is 11.1 Å². The summed E-state index contributed by atoms with van der Waals surface area (Å²) < 4.78 is 1.55. The van der Waals surface area contributed by atoms with Crippen LogP contribution < -0.4 is 5.32 Å². The third-order valence-corrected chi connectivity index (χ3v) is 2.91. The van der Waals surface area contributed by atoms with Crippen molar-refractivity contribution < 1.29 is 4.79 Å². The first-order chi connectivity index (χ1) is 7.15. The third-order valence-electron chi connectivity index (χ3n) is 1.78. The fourth-order valence-corrected chi connectivity index (χ4v) is 1.70. The summed E-state index contributed by atoms with van der Waals surface area (Å²) in [5.41, 5.74) is 0. The minimum absolute atomic E-state index is 0.0184. The minimum atomic E-state index is -0.179. The SMILES string of the molecule is CCCNC(=O)C(C)Sc1nnnn1C. The van der Waals surface area contributed by atoms with E-state index in [1.54, 1.807) is 11.7 Å². The van der Waals surface area contributed by atoms with Crippen LogP contribution in [0.15, 0.2) is 5.16 Å². The van der Waals surface area contributed by atoms with E-state index in [9.17, 15) is 4.79 Å². The van der Waals surface area contributed by atoms with Crippen LogP contribution in [0.2, 0.25) is 0 Å². The van der Waals surface area contributed by atoms with Gasteiger partial charge >= 0.3 is 0 Å². The van der Waals surface area contributed by atoms with Crippen molar-refractivity contribution in [1.29, 1.82) is 0 Å². The Kier molecular flexibility index (Phi) is 4.54. The summed E-state index contributed by atoms with van der Waals surface area (Å²) in [5.74, 6) is 0.0184. The zero-order valence-corrected chi connectivity index (χ0v) is 9.91. The number of nitrogens with one attached hydrogen (secondary N) is 1. The Morgan fingerprint density at radius 2 is 2.40 bits per heavy atom. The van der Waals surface area contributed by atoms with Gasteiger partial charge in [-0.2, -0.15) is 0 Å². The van der Waals surface area contributed by atoms with Gasteiger partial charge in [0.1, 0.15) is 0 Å². The van der Waals surface area contributed by atoms with Crippen molar-refractivity contribution in [3.05, 3.63) is 0 Å². The Morgan fingerprint density at radius 1 is 1.67 bits per heavy atom. The number of aryl methyl sites for hydroxylation is 1. The van der Waals surface area contributed by atoms with E-state index >= 15 is 0 Å². The predicted octanol–water partition coefficient (Wildman–Crippen LogP) is 0.217. The van der Waals surface area contributed by atoms with Crippen LogP contribution >= 0.6 is 11.8 Å². The van der Waals surface area contributed by atoms with Crippen LogP contribution in [0.5, 0.6) is 0 Å². The van der Waals surface area contributed by atoms with E-state index in [-0.39, 0.29) is 11.2 Å². The largest absolute Gasteiger partial charge is 0.355 e. The second kappa shape index (κ2) is 5.69. The molecule has 0 aliphatic heterocycles. The molecule has 0 spiro atoms. The molecule has 1 rings (SSSR count). The Balaban J connectivity index is 2.45. The van der Waals surface area contributed by atoms with Crippen LogP contribution in [-0.2, 0) is 11.8 Å². The fraction of sp³-hybridized carbons (Fsp3) is 0.750. The van der Waals surface area contributed by atoms with Crippen molar-refractivity contribution in [1.82, 2.24) is 25.5 Å². The minimum Gasteiger partial charge on any atom is -0.355 e. The highest BCUT2D eigenvalue weighted by Crippen LogP contribution is 2.18. The first kappa shape index (κ1) is 12.0. The molecule has 15 heavy (non-hydrogen) atoms. The van der Waals surface area contributed by atoms with E-state index in [0.29, 0.717) is 11.7 Å². The highest BCUT2D eigenvalue weighted by Gasteiger charge is 2.16. The molecule has 0 bridgehead atoms. The van der Waals surface area contributed by atoms with Gasteiger partial charge in [0, 0.05) is 13.6 Å². The number of thioether (sulfide) groups is 1. The number of hydrogen-bond donors (Lipinski definition) is 1. The molecule has 1 atom stereocenters. The topological polar surface area (TPSA) is 72.7 Å². The number of nitrogens with zero attached hydrogens (tertiary/aromatic N) is 4. The molecule has 0 radical (unpaired) electrons. The number of hydrogen-bond acceptors (Lipinski definition) is 5. The van der Waals surface area contributed by atoms with Crippen LogP contribution in [0.25, 0.3) is 0 Å². The van der Waals surface area contributed by atoms with Crippen LogP contribution in [0, 0.1) is 0 Å². The second-order valence-corrected chi connectivity index (χ2v) is 4.44. The lowest BCUT2D eigenvalue weighted by molar-refractivity contribution is -0.120. The summed E-state index contributed by atoms with van der Waals surface area (Å²) in [7, 11) is 1.75. The van der Waals surface area contributed by atoms with Crippen LogP contribution in [-0.4, -0.2) is 37.9 Å². The Bertz CT molecular complexity index is 327. The standard InChI is InChI=1S/C8H15N5OS/c1-4-5-9-7(14)6(2)15-8-10-11-12-13(8)3/h6H,4-5H2,1-3H3,(H,9,14). The van der Waals surface area contributed by atoms with Crippen molar-refractivity contribution in [2.75, 3.05) is 6.54 Å². The first-order valence-electron chi connectivity index (χ1n) is 4.82. The first-order valence-corrected chi connectivity index (χ1v) is 5.69. The maximum atomic E-state index is 11.5. The lowest BCUT2D eigenvalue weighted by atomic mass is 10.4. The molecule has 0 saturated carbocycles. The average molecular weight is 229 g/mol. The van der Waals surface area contributed by atoms with Gasteiger partial charge in [0.25, 0.3) is 0 Å². The number of aromatic nitrogens is 4. The van der Waals surface area contributed by atoms with Gasteiger partial charge in [-0.3, -0.25) is 4.79 Å².